The Morgan fingerprint density at radius 3 is 2.37 bits per heavy atom. The SMILES string of the molecule is CCCCN(CCBr)C(=O)C(C)(C)c1ccccc1. The van der Waals surface area contributed by atoms with Gasteiger partial charge in [-0.3, -0.25) is 4.79 Å². The van der Waals surface area contributed by atoms with Crippen LogP contribution in [0.4, 0.5) is 0 Å². The lowest BCUT2D eigenvalue weighted by atomic mass is 9.83. The second-order valence-corrected chi connectivity index (χ2v) is 6.12. The molecule has 1 aromatic carbocycles. The van der Waals surface area contributed by atoms with Gasteiger partial charge in [0.15, 0.2) is 0 Å². The average molecular weight is 326 g/mol. The molecule has 0 N–H and O–H groups in total. The van der Waals surface area contributed by atoms with Gasteiger partial charge in [0.05, 0.1) is 5.41 Å². The number of hydrogen-bond acceptors (Lipinski definition) is 1. The van der Waals surface area contributed by atoms with Crippen LogP contribution in [0, 0.1) is 0 Å². The van der Waals surface area contributed by atoms with Crippen LogP contribution in [-0.4, -0.2) is 29.2 Å². The van der Waals surface area contributed by atoms with Gasteiger partial charge in [0.25, 0.3) is 0 Å². The van der Waals surface area contributed by atoms with Crippen molar-refractivity contribution in [1.82, 2.24) is 4.90 Å². The van der Waals surface area contributed by atoms with E-state index in [1.165, 1.54) is 0 Å². The second kappa shape index (κ2) is 7.68. The molecule has 2 nitrogen and oxygen atoms in total. The number of hydrogen-bond donors (Lipinski definition) is 0. The van der Waals surface area contributed by atoms with E-state index >= 15 is 0 Å². The number of rotatable bonds is 7. The van der Waals surface area contributed by atoms with Gasteiger partial charge < -0.3 is 4.90 Å². The normalized spacial score (nSPS) is 11.4. The first-order valence-electron chi connectivity index (χ1n) is 6.95. The molecule has 0 saturated carbocycles. The Hall–Kier alpha value is -0.830. The number of nitrogens with zero attached hydrogens (tertiary/aromatic N) is 1. The van der Waals surface area contributed by atoms with Crippen molar-refractivity contribution in [3.63, 3.8) is 0 Å². The smallest absolute Gasteiger partial charge is 0.232 e. The van der Waals surface area contributed by atoms with Crippen LogP contribution < -0.4 is 0 Å². The topological polar surface area (TPSA) is 20.3 Å². The lowest BCUT2D eigenvalue weighted by molar-refractivity contribution is -0.136. The van der Waals surface area contributed by atoms with E-state index in [0.717, 1.165) is 36.8 Å². The molecular weight excluding hydrogens is 302 g/mol. The van der Waals surface area contributed by atoms with Gasteiger partial charge in [0.1, 0.15) is 0 Å². The van der Waals surface area contributed by atoms with Crippen LogP contribution in [0.3, 0.4) is 0 Å². The summed E-state index contributed by atoms with van der Waals surface area (Å²) < 4.78 is 0. The maximum atomic E-state index is 12.8. The van der Waals surface area contributed by atoms with Crippen LogP contribution in [0.5, 0.6) is 0 Å². The zero-order chi connectivity index (χ0) is 14.3. The molecule has 0 fully saturated rings. The number of benzene rings is 1. The molecule has 0 bridgehead atoms. The molecule has 0 aliphatic rings. The van der Waals surface area contributed by atoms with Crippen LogP contribution in [0.2, 0.25) is 0 Å². The summed E-state index contributed by atoms with van der Waals surface area (Å²) >= 11 is 3.44. The number of carbonyl (C=O) groups is 1. The third-order valence-corrected chi connectivity index (χ3v) is 3.81. The summed E-state index contributed by atoms with van der Waals surface area (Å²) in [6.45, 7) is 7.79. The van der Waals surface area contributed by atoms with E-state index < -0.39 is 5.41 Å². The predicted octanol–water partition coefficient (Wildman–Crippen LogP) is 3.99. The lowest BCUT2D eigenvalue weighted by Gasteiger charge is -2.32. The van der Waals surface area contributed by atoms with E-state index in [-0.39, 0.29) is 5.91 Å². The molecule has 0 saturated heterocycles. The standard InChI is InChI=1S/C16H24BrNO/c1-4-5-12-18(13-11-17)15(19)16(2,3)14-9-7-6-8-10-14/h6-10H,4-5,11-13H2,1-3H3. The first kappa shape index (κ1) is 16.2. The van der Waals surface area contributed by atoms with Crippen molar-refractivity contribution < 1.29 is 4.79 Å². The Bertz CT molecular complexity index is 389. The highest BCUT2D eigenvalue weighted by atomic mass is 79.9. The Morgan fingerprint density at radius 1 is 1.21 bits per heavy atom. The molecule has 1 rings (SSSR count). The summed E-state index contributed by atoms with van der Waals surface area (Å²) in [5.41, 5.74) is 0.619. The fourth-order valence-corrected chi connectivity index (χ4v) is 2.57. The van der Waals surface area contributed by atoms with Gasteiger partial charge in [0, 0.05) is 18.4 Å². The minimum atomic E-state index is -0.461. The second-order valence-electron chi connectivity index (χ2n) is 5.33. The Labute approximate surface area is 125 Å². The third kappa shape index (κ3) is 4.34. The molecule has 19 heavy (non-hydrogen) atoms. The van der Waals surface area contributed by atoms with Crippen molar-refractivity contribution in [2.24, 2.45) is 0 Å². The summed E-state index contributed by atoms with van der Waals surface area (Å²) in [5.74, 6) is 0.214. The van der Waals surface area contributed by atoms with Gasteiger partial charge in [-0.2, -0.15) is 0 Å². The molecule has 3 heteroatoms. The van der Waals surface area contributed by atoms with E-state index in [1.807, 2.05) is 49.1 Å². The highest BCUT2D eigenvalue weighted by molar-refractivity contribution is 9.09. The molecule has 0 spiro atoms. The van der Waals surface area contributed by atoms with Crippen LogP contribution >= 0.6 is 15.9 Å². The van der Waals surface area contributed by atoms with Gasteiger partial charge >= 0.3 is 0 Å². The largest absolute Gasteiger partial charge is 0.341 e. The summed E-state index contributed by atoms with van der Waals surface area (Å²) in [6.07, 6.45) is 2.17. The van der Waals surface area contributed by atoms with Crippen LogP contribution in [-0.2, 0) is 10.2 Å². The van der Waals surface area contributed by atoms with Gasteiger partial charge in [-0.05, 0) is 25.8 Å². The summed E-state index contributed by atoms with van der Waals surface area (Å²) in [4.78, 5) is 14.7. The summed E-state index contributed by atoms with van der Waals surface area (Å²) in [5, 5.41) is 0.827. The first-order valence-corrected chi connectivity index (χ1v) is 8.07. The summed E-state index contributed by atoms with van der Waals surface area (Å²) in [7, 11) is 0. The minimum absolute atomic E-state index is 0.214. The van der Waals surface area contributed by atoms with Gasteiger partial charge in [-0.1, -0.05) is 59.6 Å². The van der Waals surface area contributed by atoms with Crippen molar-refractivity contribution in [3.05, 3.63) is 35.9 Å². The zero-order valence-electron chi connectivity index (χ0n) is 12.2. The Morgan fingerprint density at radius 2 is 1.84 bits per heavy atom. The highest BCUT2D eigenvalue weighted by Gasteiger charge is 2.33. The van der Waals surface area contributed by atoms with E-state index in [2.05, 4.69) is 22.9 Å². The maximum Gasteiger partial charge on any atom is 0.232 e. The molecule has 0 atom stereocenters. The number of unbranched alkanes of at least 4 members (excludes halogenated alkanes) is 1. The van der Waals surface area contributed by atoms with Crippen LogP contribution in [0.1, 0.15) is 39.2 Å². The van der Waals surface area contributed by atoms with Crippen molar-refractivity contribution in [3.8, 4) is 0 Å². The highest BCUT2D eigenvalue weighted by Crippen LogP contribution is 2.25. The lowest BCUT2D eigenvalue weighted by Crippen LogP contribution is -2.44. The molecule has 0 aliphatic carbocycles. The molecule has 106 valence electrons. The van der Waals surface area contributed by atoms with Gasteiger partial charge in [-0.25, -0.2) is 0 Å². The Balaban J connectivity index is 2.88. The molecule has 0 aromatic heterocycles. The number of amides is 1. The van der Waals surface area contributed by atoms with Crippen LogP contribution in [0.15, 0.2) is 30.3 Å². The quantitative estimate of drug-likeness (QED) is 0.694. The van der Waals surface area contributed by atoms with Crippen molar-refractivity contribution >= 4 is 21.8 Å². The van der Waals surface area contributed by atoms with E-state index in [9.17, 15) is 4.79 Å². The predicted molar refractivity (Wildman–Crippen MR) is 84.8 cm³/mol. The molecule has 0 radical (unpaired) electrons. The van der Waals surface area contributed by atoms with Crippen molar-refractivity contribution in [2.75, 3.05) is 18.4 Å². The fourth-order valence-electron chi connectivity index (χ4n) is 2.14. The monoisotopic (exact) mass is 325 g/mol. The zero-order valence-corrected chi connectivity index (χ0v) is 13.7. The average Bonchev–Trinajstić information content (AvgIpc) is 2.43. The summed E-state index contributed by atoms with van der Waals surface area (Å²) in [6, 6.07) is 10.0. The Kier molecular flexibility index (Phi) is 6.56. The number of halogens is 1. The van der Waals surface area contributed by atoms with Crippen LogP contribution in [0.25, 0.3) is 0 Å². The van der Waals surface area contributed by atoms with Crippen molar-refractivity contribution in [2.45, 2.75) is 39.0 Å². The first-order chi connectivity index (χ1) is 9.04. The van der Waals surface area contributed by atoms with Gasteiger partial charge in [-0.15, -0.1) is 0 Å². The molecular formula is C16H24BrNO. The van der Waals surface area contributed by atoms with E-state index in [1.54, 1.807) is 0 Å². The molecule has 0 unspecified atom stereocenters. The molecule has 0 heterocycles. The number of carbonyl (C=O) groups excluding carboxylic acids is 1. The van der Waals surface area contributed by atoms with Crippen molar-refractivity contribution in [1.29, 1.82) is 0 Å². The fraction of sp³-hybridized carbons (Fsp3) is 0.562. The molecule has 1 amide bonds. The third-order valence-electron chi connectivity index (χ3n) is 3.45. The molecule has 1 aromatic rings. The molecule has 0 aliphatic heterocycles. The van der Waals surface area contributed by atoms with Gasteiger partial charge in [0.2, 0.25) is 5.91 Å². The maximum absolute atomic E-state index is 12.8. The van der Waals surface area contributed by atoms with E-state index in [4.69, 9.17) is 0 Å². The van der Waals surface area contributed by atoms with E-state index in [0.29, 0.717) is 0 Å². The minimum Gasteiger partial charge on any atom is -0.341 e. The number of alkyl halides is 1.